The van der Waals surface area contributed by atoms with Crippen molar-refractivity contribution in [1.82, 2.24) is 9.97 Å². The molecule has 0 unspecified atom stereocenters. The second-order valence-corrected chi connectivity index (χ2v) is 7.69. The monoisotopic (exact) mass is 448 g/mol. The zero-order valence-corrected chi connectivity index (χ0v) is 17.5. The Morgan fingerprint density at radius 3 is 2.19 bits per heavy atom. The van der Waals surface area contributed by atoms with E-state index in [0.717, 1.165) is 17.5 Å². The van der Waals surface area contributed by atoms with Gasteiger partial charge in [0.25, 0.3) is 11.4 Å². The van der Waals surface area contributed by atoms with Crippen LogP contribution in [-0.4, -0.2) is 19.8 Å². The number of anilines is 3. The summed E-state index contributed by atoms with van der Waals surface area (Å²) in [4.78, 5) is 31.2. The summed E-state index contributed by atoms with van der Waals surface area (Å²) >= 11 is 1.14. The van der Waals surface area contributed by atoms with Crippen molar-refractivity contribution in [1.29, 1.82) is 0 Å². The number of fused-ring (bicyclic) bond motifs is 1. The number of rotatable bonds is 7. The Morgan fingerprint density at radius 1 is 0.812 bits per heavy atom. The maximum atomic E-state index is 11.2. The molecule has 0 bridgehead atoms. The molecular formula is C21H16N6O4S. The molecule has 0 spiro atoms. The van der Waals surface area contributed by atoms with Crippen LogP contribution < -0.4 is 10.0 Å². The van der Waals surface area contributed by atoms with Gasteiger partial charge in [-0.3, -0.25) is 20.2 Å². The first kappa shape index (κ1) is 21.0. The predicted octanol–water partition coefficient (Wildman–Crippen LogP) is 5.62. The number of aryl methyl sites for hydroxylation is 1. The summed E-state index contributed by atoms with van der Waals surface area (Å²) < 4.78 is 3.08. The molecule has 4 aromatic rings. The van der Waals surface area contributed by atoms with Gasteiger partial charge in [0, 0.05) is 34.8 Å². The van der Waals surface area contributed by atoms with E-state index in [2.05, 4.69) is 20.0 Å². The van der Waals surface area contributed by atoms with Crippen LogP contribution in [0.5, 0.6) is 0 Å². The van der Waals surface area contributed by atoms with Crippen molar-refractivity contribution < 1.29 is 9.85 Å². The number of hydrogen-bond acceptors (Lipinski definition) is 9. The topological polar surface area (TPSA) is 136 Å². The van der Waals surface area contributed by atoms with E-state index >= 15 is 0 Å². The first-order valence-corrected chi connectivity index (χ1v) is 10.2. The van der Waals surface area contributed by atoms with Crippen LogP contribution in [-0.2, 0) is 0 Å². The van der Waals surface area contributed by atoms with E-state index in [0.29, 0.717) is 33.3 Å². The summed E-state index contributed by atoms with van der Waals surface area (Å²) in [5.41, 5.74) is 2.44. The van der Waals surface area contributed by atoms with Crippen molar-refractivity contribution in [3.63, 3.8) is 0 Å². The molecule has 0 saturated heterocycles. The van der Waals surface area contributed by atoms with E-state index in [1.165, 1.54) is 24.3 Å². The molecule has 1 heterocycles. The van der Waals surface area contributed by atoms with E-state index in [1.54, 1.807) is 25.1 Å². The summed E-state index contributed by atoms with van der Waals surface area (Å²) in [7, 11) is 0. The van der Waals surface area contributed by atoms with E-state index < -0.39 is 9.85 Å². The van der Waals surface area contributed by atoms with E-state index in [4.69, 9.17) is 0 Å². The lowest BCUT2D eigenvalue weighted by molar-refractivity contribution is -0.385. The van der Waals surface area contributed by atoms with Gasteiger partial charge in [-0.05, 0) is 48.7 Å². The Hall–Kier alpha value is -4.25. The summed E-state index contributed by atoms with van der Waals surface area (Å²) in [6, 6.07) is 18.2. The third-order valence-electron chi connectivity index (χ3n) is 4.40. The van der Waals surface area contributed by atoms with Crippen LogP contribution >= 0.6 is 11.9 Å². The number of hydrogen-bond donors (Lipinski definition) is 2. The zero-order valence-electron chi connectivity index (χ0n) is 16.7. The lowest BCUT2D eigenvalue weighted by Crippen LogP contribution is -2.03. The second kappa shape index (κ2) is 8.86. The zero-order chi connectivity index (χ0) is 22.7. The van der Waals surface area contributed by atoms with Crippen LogP contribution in [0.4, 0.5) is 28.7 Å². The summed E-state index contributed by atoms with van der Waals surface area (Å²) in [5, 5.41) is 25.4. The molecule has 0 radical (unpaired) electrons. The first-order valence-electron chi connectivity index (χ1n) is 9.36. The van der Waals surface area contributed by atoms with Gasteiger partial charge in [-0.1, -0.05) is 18.2 Å². The third-order valence-corrected chi connectivity index (χ3v) is 5.19. The molecular weight excluding hydrogens is 432 g/mol. The Labute approximate surface area is 186 Å². The normalized spacial score (nSPS) is 10.7. The standard InChI is InChI=1S/C21H16N6O4S/c1-13-9-14(11-16(10-13)27(30)31)22-20-21(24-19-8-3-2-7-18(19)23-20)25-32-17-6-4-5-15(12-17)26(28)29/h2-12H,1H3,(H,22,23)(H,24,25). The highest BCUT2D eigenvalue weighted by Crippen LogP contribution is 2.31. The number of aromatic nitrogens is 2. The van der Waals surface area contributed by atoms with Crippen LogP contribution in [0, 0.1) is 27.2 Å². The number of nitrogens with zero attached hydrogens (tertiary/aromatic N) is 4. The van der Waals surface area contributed by atoms with Crippen LogP contribution in [0.3, 0.4) is 0 Å². The van der Waals surface area contributed by atoms with Crippen molar-refractivity contribution in [3.05, 3.63) is 92.5 Å². The number of nitrogens with one attached hydrogen (secondary N) is 2. The Bertz CT molecular complexity index is 1350. The van der Waals surface area contributed by atoms with Gasteiger partial charge in [0.05, 0.1) is 20.9 Å². The molecule has 10 nitrogen and oxygen atoms in total. The van der Waals surface area contributed by atoms with Gasteiger partial charge in [0.2, 0.25) is 0 Å². The molecule has 2 N–H and O–H groups in total. The van der Waals surface area contributed by atoms with Gasteiger partial charge < -0.3 is 10.0 Å². The molecule has 4 rings (SSSR count). The van der Waals surface area contributed by atoms with Gasteiger partial charge in [0.15, 0.2) is 11.6 Å². The minimum atomic E-state index is -0.461. The molecule has 3 aromatic carbocycles. The van der Waals surface area contributed by atoms with Crippen LogP contribution in [0.25, 0.3) is 11.0 Å². The molecule has 0 aliphatic heterocycles. The number of para-hydroxylation sites is 2. The number of nitro groups is 2. The average molecular weight is 448 g/mol. The predicted molar refractivity (Wildman–Crippen MR) is 123 cm³/mol. The summed E-state index contributed by atoms with van der Waals surface area (Å²) in [5.74, 6) is 0.742. The van der Waals surface area contributed by atoms with Crippen LogP contribution in [0.15, 0.2) is 71.6 Å². The maximum Gasteiger partial charge on any atom is 0.271 e. The van der Waals surface area contributed by atoms with Gasteiger partial charge in [0.1, 0.15) is 0 Å². The number of benzene rings is 3. The van der Waals surface area contributed by atoms with Crippen molar-refractivity contribution in [3.8, 4) is 0 Å². The molecule has 0 aliphatic rings. The van der Waals surface area contributed by atoms with Crippen molar-refractivity contribution in [2.75, 3.05) is 10.0 Å². The number of non-ortho nitro benzene ring substituents is 2. The Balaban J connectivity index is 1.69. The molecule has 0 amide bonds. The fourth-order valence-electron chi connectivity index (χ4n) is 3.00. The van der Waals surface area contributed by atoms with Gasteiger partial charge in [-0.25, -0.2) is 9.97 Å². The average Bonchev–Trinajstić information content (AvgIpc) is 2.77. The summed E-state index contributed by atoms with van der Waals surface area (Å²) in [6.07, 6.45) is 0. The van der Waals surface area contributed by atoms with Crippen LogP contribution in [0.1, 0.15) is 5.56 Å². The highest BCUT2D eigenvalue weighted by molar-refractivity contribution is 8.00. The second-order valence-electron chi connectivity index (χ2n) is 6.81. The van der Waals surface area contributed by atoms with Crippen molar-refractivity contribution in [2.24, 2.45) is 0 Å². The lowest BCUT2D eigenvalue weighted by Gasteiger charge is -2.13. The molecule has 0 aliphatic carbocycles. The molecule has 0 fully saturated rings. The first-order chi connectivity index (χ1) is 15.4. The van der Waals surface area contributed by atoms with E-state index in [9.17, 15) is 20.2 Å². The quantitative estimate of drug-likeness (QED) is 0.210. The fraction of sp³-hybridized carbons (Fsp3) is 0.0476. The van der Waals surface area contributed by atoms with Gasteiger partial charge >= 0.3 is 0 Å². The Morgan fingerprint density at radius 2 is 1.50 bits per heavy atom. The largest absolute Gasteiger partial charge is 0.337 e. The van der Waals surface area contributed by atoms with Gasteiger partial charge in [-0.2, -0.15) is 0 Å². The minimum Gasteiger partial charge on any atom is -0.337 e. The highest BCUT2D eigenvalue weighted by Gasteiger charge is 2.14. The number of nitro benzene ring substituents is 2. The minimum absolute atomic E-state index is 0.0215. The van der Waals surface area contributed by atoms with Gasteiger partial charge in [-0.15, -0.1) is 0 Å². The third kappa shape index (κ3) is 4.73. The van der Waals surface area contributed by atoms with E-state index in [-0.39, 0.29) is 11.4 Å². The molecule has 1 aromatic heterocycles. The smallest absolute Gasteiger partial charge is 0.271 e. The molecule has 11 heteroatoms. The summed E-state index contributed by atoms with van der Waals surface area (Å²) in [6.45, 7) is 1.77. The van der Waals surface area contributed by atoms with E-state index in [1.807, 2.05) is 24.3 Å². The lowest BCUT2D eigenvalue weighted by atomic mass is 10.2. The SMILES string of the molecule is Cc1cc(Nc2nc3ccccc3nc2NSc2cccc([N+](=O)[O-])c2)cc([N+](=O)[O-])c1. The maximum absolute atomic E-state index is 11.2. The molecule has 0 atom stereocenters. The highest BCUT2D eigenvalue weighted by atomic mass is 32.2. The van der Waals surface area contributed by atoms with Crippen molar-refractivity contribution >= 4 is 51.7 Å². The Kier molecular flexibility index (Phi) is 5.81. The van der Waals surface area contributed by atoms with Crippen molar-refractivity contribution in [2.45, 2.75) is 11.8 Å². The fourth-order valence-corrected chi connectivity index (χ4v) is 3.69. The molecule has 32 heavy (non-hydrogen) atoms. The molecule has 0 saturated carbocycles. The van der Waals surface area contributed by atoms with Crippen LogP contribution in [0.2, 0.25) is 0 Å². The molecule has 160 valence electrons.